The lowest BCUT2D eigenvalue weighted by Crippen LogP contribution is -2.44. The Morgan fingerprint density at radius 2 is 1.86 bits per heavy atom. The van der Waals surface area contributed by atoms with Crippen LogP contribution in [-0.2, 0) is 22.4 Å². The van der Waals surface area contributed by atoms with Crippen LogP contribution < -0.4 is 10.1 Å². The van der Waals surface area contributed by atoms with E-state index >= 15 is 0 Å². The second-order valence-corrected chi connectivity index (χ2v) is 7.95. The zero-order valence-corrected chi connectivity index (χ0v) is 17.2. The fourth-order valence-electron chi connectivity index (χ4n) is 4.18. The van der Waals surface area contributed by atoms with E-state index in [0.29, 0.717) is 6.54 Å². The van der Waals surface area contributed by atoms with E-state index in [1.54, 1.807) is 0 Å². The minimum atomic E-state index is -0.0872. The molecular weight excluding hydrogens is 364 g/mol. The number of carbonyl (C=O) groups is 1. The number of amides is 1. The summed E-state index contributed by atoms with van der Waals surface area (Å²) in [6.07, 6.45) is 3.47. The van der Waals surface area contributed by atoms with Crippen LogP contribution in [0.1, 0.15) is 34.7 Å². The summed E-state index contributed by atoms with van der Waals surface area (Å²) in [5.41, 5.74) is 5.22. The first kappa shape index (κ1) is 19.9. The SMILES string of the molecule is Cc1ccc(C(CNC(=O)COc2ccc3c(c2)CCC3)N2CCOCC2)cc1. The summed E-state index contributed by atoms with van der Waals surface area (Å²) in [5, 5.41) is 3.07. The van der Waals surface area contributed by atoms with Gasteiger partial charge in [0.1, 0.15) is 5.75 Å². The van der Waals surface area contributed by atoms with E-state index in [1.807, 2.05) is 6.07 Å². The van der Waals surface area contributed by atoms with Gasteiger partial charge in [0.25, 0.3) is 5.91 Å². The molecule has 2 aromatic carbocycles. The summed E-state index contributed by atoms with van der Waals surface area (Å²) in [6.45, 7) is 5.92. The van der Waals surface area contributed by atoms with Gasteiger partial charge >= 0.3 is 0 Å². The van der Waals surface area contributed by atoms with E-state index in [0.717, 1.165) is 44.9 Å². The van der Waals surface area contributed by atoms with E-state index in [4.69, 9.17) is 9.47 Å². The monoisotopic (exact) mass is 394 g/mol. The first-order valence-corrected chi connectivity index (χ1v) is 10.6. The number of rotatable bonds is 7. The van der Waals surface area contributed by atoms with Crippen LogP contribution in [0, 0.1) is 6.92 Å². The lowest BCUT2D eigenvalue weighted by molar-refractivity contribution is -0.123. The normalized spacial score (nSPS) is 17.6. The number of morpholine rings is 1. The molecule has 0 saturated carbocycles. The van der Waals surface area contributed by atoms with E-state index in [2.05, 4.69) is 53.5 Å². The molecule has 1 amide bonds. The molecule has 0 bridgehead atoms. The van der Waals surface area contributed by atoms with E-state index < -0.39 is 0 Å². The maximum Gasteiger partial charge on any atom is 0.258 e. The maximum absolute atomic E-state index is 12.4. The van der Waals surface area contributed by atoms with Gasteiger partial charge in [0.2, 0.25) is 0 Å². The van der Waals surface area contributed by atoms with Gasteiger partial charge in [0.05, 0.1) is 19.3 Å². The topological polar surface area (TPSA) is 50.8 Å². The second-order valence-electron chi connectivity index (χ2n) is 7.95. The van der Waals surface area contributed by atoms with Crippen LogP contribution >= 0.6 is 0 Å². The Morgan fingerprint density at radius 1 is 1.10 bits per heavy atom. The Bertz CT molecular complexity index is 829. The van der Waals surface area contributed by atoms with Gasteiger partial charge in [-0.2, -0.15) is 0 Å². The van der Waals surface area contributed by atoms with Crippen LogP contribution in [0.15, 0.2) is 42.5 Å². The van der Waals surface area contributed by atoms with Crippen molar-refractivity contribution in [3.8, 4) is 5.75 Å². The van der Waals surface area contributed by atoms with Crippen molar-refractivity contribution >= 4 is 5.91 Å². The Labute approximate surface area is 173 Å². The highest BCUT2D eigenvalue weighted by Gasteiger charge is 2.23. The fraction of sp³-hybridized carbons (Fsp3) is 0.458. The molecule has 5 heteroatoms. The van der Waals surface area contributed by atoms with Crippen LogP contribution in [0.3, 0.4) is 0 Å². The highest BCUT2D eigenvalue weighted by Crippen LogP contribution is 2.26. The predicted octanol–water partition coefficient (Wildman–Crippen LogP) is 3.05. The van der Waals surface area contributed by atoms with Crippen molar-refractivity contribution in [2.75, 3.05) is 39.5 Å². The molecule has 1 saturated heterocycles. The minimum absolute atomic E-state index is 0.0442. The number of fused-ring (bicyclic) bond motifs is 1. The maximum atomic E-state index is 12.4. The Balaban J connectivity index is 1.33. The van der Waals surface area contributed by atoms with Crippen molar-refractivity contribution in [3.05, 3.63) is 64.7 Å². The summed E-state index contributed by atoms with van der Waals surface area (Å²) in [6, 6.07) is 14.9. The first-order chi connectivity index (χ1) is 14.2. The van der Waals surface area contributed by atoms with Crippen LogP contribution in [0.25, 0.3) is 0 Å². The second kappa shape index (κ2) is 9.42. The van der Waals surface area contributed by atoms with E-state index in [1.165, 1.54) is 28.7 Å². The Hall–Kier alpha value is -2.37. The molecule has 0 spiro atoms. The van der Waals surface area contributed by atoms with Gasteiger partial charge in [0, 0.05) is 19.6 Å². The van der Waals surface area contributed by atoms with Crippen molar-refractivity contribution < 1.29 is 14.3 Å². The lowest BCUT2D eigenvalue weighted by atomic mass is 10.0. The molecule has 2 aliphatic rings. The number of nitrogens with zero attached hydrogens (tertiary/aromatic N) is 1. The molecule has 2 aromatic rings. The molecule has 1 fully saturated rings. The smallest absolute Gasteiger partial charge is 0.258 e. The van der Waals surface area contributed by atoms with Crippen LogP contribution in [-0.4, -0.2) is 50.3 Å². The highest BCUT2D eigenvalue weighted by molar-refractivity contribution is 5.77. The first-order valence-electron chi connectivity index (χ1n) is 10.6. The zero-order valence-electron chi connectivity index (χ0n) is 17.2. The molecule has 0 aromatic heterocycles. The van der Waals surface area contributed by atoms with Crippen molar-refractivity contribution in [2.45, 2.75) is 32.2 Å². The third kappa shape index (κ3) is 5.17. The molecule has 1 heterocycles. The van der Waals surface area contributed by atoms with Gasteiger partial charge in [-0.05, 0) is 55.0 Å². The van der Waals surface area contributed by atoms with Crippen molar-refractivity contribution in [3.63, 3.8) is 0 Å². The molecule has 1 N–H and O–H groups in total. The number of ether oxygens (including phenoxy) is 2. The quantitative estimate of drug-likeness (QED) is 0.784. The molecule has 1 unspecified atom stereocenters. The zero-order chi connectivity index (χ0) is 20.1. The Kier molecular flexibility index (Phi) is 6.47. The van der Waals surface area contributed by atoms with Crippen molar-refractivity contribution in [2.24, 2.45) is 0 Å². The molecule has 29 heavy (non-hydrogen) atoms. The van der Waals surface area contributed by atoms with Crippen molar-refractivity contribution in [1.29, 1.82) is 0 Å². The number of carbonyl (C=O) groups excluding carboxylic acids is 1. The fourth-order valence-corrected chi connectivity index (χ4v) is 4.18. The molecule has 1 atom stereocenters. The molecule has 4 rings (SSSR count). The van der Waals surface area contributed by atoms with E-state index in [-0.39, 0.29) is 18.6 Å². The third-order valence-corrected chi connectivity index (χ3v) is 5.88. The molecule has 5 nitrogen and oxygen atoms in total. The van der Waals surface area contributed by atoms with Gasteiger partial charge in [0.15, 0.2) is 6.61 Å². The molecule has 0 radical (unpaired) electrons. The molecule has 1 aliphatic heterocycles. The summed E-state index contributed by atoms with van der Waals surface area (Å²) < 4.78 is 11.2. The van der Waals surface area contributed by atoms with Gasteiger partial charge < -0.3 is 14.8 Å². The number of nitrogens with one attached hydrogen (secondary N) is 1. The van der Waals surface area contributed by atoms with Gasteiger partial charge in [-0.15, -0.1) is 0 Å². The summed E-state index contributed by atoms with van der Waals surface area (Å²) in [4.78, 5) is 14.8. The lowest BCUT2D eigenvalue weighted by Gasteiger charge is -2.35. The van der Waals surface area contributed by atoms with Crippen LogP contribution in [0.4, 0.5) is 0 Å². The molecule has 154 valence electrons. The standard InChI is InChI=1S/C24H30N2O3/c1-18-5-7-20(8-6-18)23(26-11-13-28-14-12-26)16-25-24(27)17-29-22-10-9-19-3-2-4-21(19)15-22/h5-10,15,23H,2-4,11-14,16-17H2,1H3,(H,25,27). The van der Waals surface area contributed by atoms with E-state index in [9.17, 15) is 4.79 Å². The third-order valence-electron chi connectivity index (χ3n) is 5.88. The number of hydrogen-bond donors (Lipinski definition) is 1. The summed E-state index contributed by atoms with van der Waals surface area (Å²) >= 11 is 0. The van der Waals surface area contributed by atoms with Crippen LogP contribution in [0.5, 0.6) is 5.75 Å². The highest BCUT2D eigenvalue weighted by atomic mass is 16.5. The summed E-state index contributed by atoms with van der Waals surface area (Å²) in [7, 11) is 0. The number of hydrogen-bond acceptors (Lipinski definition) is 4. The number of aryl methyl sites for hydroxylation is 3. The summed E-state index contributed by atoms with van der Waals surface area (Å²) in [5.74, 6) is 0.694. The number of benzene rings is 2. The Morgan fingerprint density at radius 3 is 2.66 bits per heavy atom. The van der Waals surface area contributed by atoms with Crippen LogP contribution in [0.2, 0.25) is 0 Å². The molecule has 1 aliphatic carbocycles. The molecular formula is C24H30N2O3. The largest absolute Gasteiger partial charge is 0.484 e. The average Bonchev–Trinajstić information content (AvgIpc) is 3.22. The van der Waals surface area contributed by atoms with Crippen molar-refractivity contribution in [1.82, 2.24) is 10.2 Å². The average molecular weight is 395 g/mol. The van der Waals surface area contributed by atoms with Gasteiger partial charge in [-0.3, -0.25) is 9.69 Å². The van der Waals surface area contributed by atoms with Gasteiger partial charge in [-0.1, -0.05) is 35.9 Å². The predicted molar refractivity (Wildman–Crippen MR) is 113 cm³/mol. The van der Waals surface area contributed by atoms with Gasteiger partial charge in [-0.25, -0.2) is 0 Å². The minimum Gasteiger partial charge on any atom is -0.484 e.